The number of piperidine rings is 2. The number of nitrogens with two attached hydrogens (primary N) is 2. The molecule has 0 radical (unpaired) electrons. The molecule has 21 heavy (non-hydrogen) atoms. The zero-order valence-electron chi connectivity index (χ0n) is 12.5. The minimum Gasteiger partial charge on any atom is -0.399 e. The molecule has 5 N–H and O–H groups in total. The fraction of sp³-hybridized carbons (Fsp3) is 0.562. The van der Waals surface area contributed by atoms with E-state index in [1.807, 2.05) is 0 Å². The molecule has 3 rings (SSSR count). The molecule has 114 valence electrons. The molecule has 2 heterocycles. The quantitative estimate of drug-likeness (QED) is 0.722. The average Bonchev–Trinajstić information content (AvgIpc) is 2.38. The van der Waals surface area contributed by atoms with Crippen LogP contribution in [-0.4, -0.2) is 36.0 Å². The van der Waals surface area contributed by atoms with E-state index in [2.05, 4.69) is 17.3 Å². The average molecular weight is 288 g/mol. The lowest BCUT2D eigenvalue weighted by Crippen LogP contribution is -2.55. The second-order valence-corrected chi connectivity index (χ2v) is 6.43. The van der Waals surface area contributed by atoms with Gasteiger partial charge in [-0.1, -0.05) is 6.42 Å². The van der Waals surface area contributed by atoms with Crippen molar-refractivity contribution in [3.63, 3.8) is 0 Å². The summed E-state index contributed by atoms with van der Waals surface area (Å²) < 4.78 is 0. The Bertz CT molecular complexity index is 511. The van der Waals surface area contributed by atoms with Crippen molar-refractivity contribution in [1.82, 2.24) is 10.2 Å². The van der Waals surface area contributed by atoms with E-state index in [9.17, 15) is 4.79 Å². The molecule has 2 saturated heterocycles. The summed E-state index contributed by atoms with van der Waals surface area (Å²) in [6.07, 6.45) is 5.87. The second kappa shape index (κ2) is 5.56. The van der Waals surface area contributed by atoms with Crippen molar-refractivity contribution in [3.8, 4) is 0 Å². The summed E-state index contributed by atoms with van der Waals surface area (Å²) >= 11 is 0. The predicted octanol–water partition coefficient (Wildman–Crippen LogP) is 1.60. The van der Waals surface area contributed by atoms with Gasteiger partial charge < -0.3 is 21.7 Å². The smallest absolute Gasteiger partial charge is 0.251 e. The molecule has 1 aromatic rings. The van der Waals surface area contributed by atoms with Crippen molar-refractivity contribution in [2.75, 3.05) is 18.5 Å². The highest BCUT2D eigenvalue weighted by Gasteiger charge is 2.36. The summed E-state index contributed by atoms with van der Waals surface area (Å²) in [6.45, 7) is 0. The Morgan fingerprint density at radius 3 is 2.29 bits per heavy atom. The lowest BCUT2D eigenvalue weighted by Gasteiger charge is -2.47. The van der Waals surface area contributed by atoms with Crippen molar-refractivity contribution >= 4 is 17.3 Å². The number of rotatable bonds is 2. The lowest BCUT2D eigenvalue weighted by atomic mass is 9.82. The highest BCUT2D eigenvalue weighted by Crippen LogP contribution is 2.32. The number of nitrogens with zero attached hydrogens (tertiary/aromatic N) is 1. The molecule has 0 spiro atoms. The van der Waals surface area contributed by atoms with Gasteiger partial charge in [-0.3, -0.25) is 4.79 Å². The summed E-state index contributed by atoms with van der Waals surface area (Å²) in [7, 11) is 2.21. The van der Waals surface area contributed by atoms with Gasteiger partial charge in [0.05, 0.1) is 0 Å². The molecule has 5 nitrogen and oxygen atoms in total. The van der Waals surface area contributed by atoms with Gasteiger partial charge in [0.15, 0.2) is 0 Å². The Morgan fingerprint density at radius 2 is 1.71 bits per heavy atom. The normalized spacial score (nSPS) is 29.1. The Morgan fingerprint density at radius 1 is 1.14 bits per heavy atom. The van der Waals surface area contributed by atoms with Crippen molar-refractivity contribution < 1.29 is 4.79 Å². The van der Waals surface area contributed by atoms with E-state index in [-0.39, 0.29) is 11.9 Å². The van der Waals surface area contributed by atoms with Crippen molar-refractivity contribution in [2.24, 2.45) is 0 Å². The number of fused-ring (bicyclic) bond motifs is 2. The summed E-state index contributed by atoms with van der Waals surface area (Å²) in [5, 5.41) is 3.16. The number of amides is 1. The highest BCUT2D eigenvalue weighted by atomic mass is 16.1. The lowest BCUT2D eigenvalue weighted by molar-refractivity contribution is 0.0463. The molecule has 2 atom stereocenters. The van der Waals surface area contributed by atoms with Crippen LogP contribution in [0.25, 0.3) is 0 Å². The summed E-state index contributed by atoms with van der Waals surface area (Å²) in [5.41, 5.74) is 13.1. The van der Waals surface area contributed by atoms with Crippen LogP contribution in [0.4, 0.5) is 11.4 Å². The van der Waals surface area contributed by atoms with E-state index in [0.29, 0.717) is 29.0 Å². The first-order valence-corrected chi connectivity index (χ1v) is 7.72. The van der Waals surface area contributed by atoms with Gasteiger partial charge in [-0.25, -0.2) is 0 Å². The molecular weight excluding hydrogens is 264 g/mol. The van der Waals surface area contributed by atoms with Gasteiger partial charge in [-0.05, 0) is 50.9 Å². The van der Waals surface area contributed by atoms with Crippen LogP contribution in [0, 0.1) is 0 Å². The fourth-order valence-electron chi connectivity index (χ4n) is 3.81. The van der Waals surface area contributed by atoms with Crippen LogP contribution in [0.15, 0.2) is 18.2 Å². The van der Waals surface area contributed by atoms with E-state index >= 15 is 0 Å². The van der Waals surface area contributed by atoms with Gasteiger partial charge in [0.1, 0.15) is 0 Å². The number of hydrogen-bond acceptors (Lipinski definition) is 4. The number of benzene rings is 1. The number of carbonyl (C=O) groups excluding carboxylic acids is 1. The van der Waals surface area contributed by atoms with Crippen LogP contribution in [0.2, 0.25) is 0 Å². The number of hydrogen-bond donors (Lipinski definition) is 3. The number of anilines is 2. The van der Waals surface area contributed by atoms with E-state index in [1.54, 1.807) is 18.2 Å². The molecule has 2 aliphatic rings. The maximum Gasteiger partial charge on any atom is 0.251 e. The van der Waals surface area contributed by atoms with Gasteiger partial charge in [-0.2, -0.15) is 0 Å². The molecule has 2 aliphatic heterocycles. The third-order valence-electron chi connectivity index (χ3n) is 4.91. The maximum absolute atomic E-state index is 12.4. The maximum atomic E-state index is 12.4. The number of carbonyl (C=O) groups is 1. The second-order valence-electron chi connectivity index (χ2n) is 6.43. The van der Waals surface area contributed by atoms with Crippen LogP contribution in [0.1, 0.15) is 42.5 Å². The Hall–Kier alpha value is -1.75. The van der Waals surface area contributed by atoms with Gasteiger partial charge in [0, 0.05) is 35.1 Å². The molecule has 0 saturated carbocycles. The molecule has 1 aromatic carbocycles. The molecule has 2 bridgehead atoms. The Kier molecular flexibility index (Phi) is 3.76. The standard InChI is InChI=1S/C16H24N4O/c1-20-14-3-2-4-15(20)9-13(8-14)19-16(21)10-5-11(17)7-12(18)6-10/h5-7,13-15H,2-4,8-9,17-18H2,1H3,(H,19,21). The summed E-state index contributed by atoms with van der Waals surface area (Å²) in [6, 6.07) is 6.49. The third kappa shape index (κ3) is 2.97. The van der Waals surface area contributed by atoms with E-state index < -0.39 is 0 Å². The molecule has 1 amide bonds. The third-order valence-corrected chi connectivity index (χ3v) is 4.91. The van der Waals surface area contributed by atoms with Crippen molar-refractivity contribution in [2.45, 2.75) is 50.2 Å². The summed E-state index contributed by atoms with van der Waals surface area (Å²) in [5.74, 6) is -0.0679. The monoisotopic (exact) mass is 288 g/mol. The minimum absolute atomic E-state index is 0.0679. The molecule has 0 aliphatic carbocycles. The predicted molar refractivity (Wildman–Crippen MR) is 84.9 cm³/mol. The number of nitrogens with one attached hydrogen (secondary N) is 1. The number of nitrogen functional groups attached to an aromatic ring is 2. The van der Waals surface area contributed by atoms with Gasteiger partial charge >= 0.3 is 0 Å². The zero-order valence-corrected chi connectivity index (χ0v) is 12.5. The molecule has 2 unspecified atom stereocenters. The molecule has 5 heteroatoms. The van der Waals surface area contributed by atoms with E-state index in [0.717, 1.165) is 12.8 Å². The van der Waals surface area contributed by atoms with E-state index in [1.165, 1.54) is 19.3 Å². The van der Waals surface area contributed by atoms with Crippen molar-refractivity contribution in [3.05, 3.63) is 23.8 Å². The first kappa shape index (κ1) is 14.2. The van der Waals surface area contributed by atoms with E-state index in [4.69, 9.17) is 11.5 Å². The Balaban J connectivity index is 1.68. The van der Waals surface area contributed by atoms with Crippen LogP contribution < -0.4 is 16.8 Å². The van der Waals surface area contributed by atoms with Gasteiger partial charge in [-0.15, -0.1) is 0 Å². The minimum atomic E-state index is -0.0679. The first-order valence-electron chi connectivity index (χ1n) is 7.72. The largest absolute Gasteiger partial charge is 0.399 e. The molecular formula is C16H24N4O. The zero-order chi connectivity index (χ0) is 15.0. The van der Waals surface area contributed by atoms with Crippen LogP contribution >= 0.6 is 0 Å². The van der Waals surface area contributed by atoms with Gasteiger partial charge in [0.25, 0.3) is 5.91 Å². The highest BCUT2D eigenvalue weighted by molar-refractivity contribution is 5.96. The summed E-state index contributed by atoms with van der Waals surface area (Å²) in [4.78, 5) is 14.9. The van der Waals surface area contributed by atoms with Crippen LogP contribution in [0.5, 0.6) is 0 Å². The van der Waals surface area contributed by atoms with Crippen LogP contribution in [0.3, 0.4) is 0 Å². The molecule has 0 aromatic heterocycles. The van der Waals surface area contributed by atoms with Crippen molar-refractivity contribution in [1.29, 1.82) is 0 Å². The fourth-order valence-corrected chi connectivity index (χ4v) is 3.81. The molecule has 2 fully saturated rings. The first-order chi connectivity index (χ1) is 10.0. The van der Waals surface area contributed by atoms with Crippen LogP contribution in [-0.2, 0) is 0 Å². The SMILES string of the molecule is CN1C2CCCC1CC(NC(=O)c1cc(N)cc(N)c1)C2. The van der Waals surface area contributed by atoms with Gasteiger partial charge in [0.2, 0.25) is 0 Å². The Labute approximate surface area is 125 Å². The topological polar surface area (TPSA) is 84.4 Å².